The third kappa shape index (κ3) is 10.6. The van der Waals surface area contributed by atoms with E-state index in [0.717, 1.165) is 71.7 Å². The van der Waals surface area contributed by atoms with Crippen LogP contribution in [-0.4, -0.2) is 78.8 Å². The smallest absolute Gasteiger partial charge is 0.309 e. The third-order valence-corrected chi connectivity index (χ3v) is 12.5. The predicted octanol–water partition coefficient (Wildman–Crippen LogP) is 8.63. The van der Waals surface area contributed by atoms with Crippen molar-refractivity contribution < 1.29 is 19.0 Å². The molecular weight excluding hydrogens is 661 g/mol. The summed E-state index contributed by atoms with van der Waals surface area (Å²) in [6, 6.07) is 14.4. The molecule has 272 valence electrons. The van der Waals surface area contributed by atoms with Gasteiger partial charge in [0.25, 0.3) is 0 Å². The largest absolute Gasteiger partial charge is 0.460 e. The van der Waals surface area contributed by atoms with Crippen molar-refractivity contribution in [1.82, 2.24) is 24.4 Å². The van der Waals surface area contributed by atoms with Gasteiger partial charge in [-0.15, -0.1) is 0 Å². The average molecular weight is 719 g/mol. The van der Waals surface area contributed by atoms with Gasteiger partial charge in [0.2, 0.25) is 0 Å². The second kappa shape index (κ2) is 15.9. The molecule has 5 rings (SSSR count). The van der Waals surface area contributed by atoms with Crippen LogP contribution in [0, 0.1) is 5.92 Å². The lowest BCUT2D eigenvalue weighted by molar-refractivity contribution is -0.161. The van der Waals surface area contributed by atoms with Crippen LogP contribution in [-0.2, 0) is 19.0 Å². The number of rotatable bonds is 15. The number of carbonyl (C=O) groups excluding carboxylic acids is 1. The summed E-state index contributed by atoms with van der Waals surface area (Å²) in [4.78, 5) is 20.4. The minimum atomic E-state index is -1.26. The van der Waals surface area contributed by atoms with Crippen LogP contribution < -0.4 is 4.90 Å². The second-order valence-electron chi connectivity index (χ2n) is 17.2. The number of benzene rings is 1. The van der Waals surface area contributed by atoms with Gasteiger partial charge in [-0.25, -0.2) is 9.67 Å². The molecule has 4 aromatic rings. The van der Waals surface area contributed by atoms with E-state index < -0.39 is 21.7 Å². The summed E-state index contributed by atoms with van der Waals surface area (Å²) in [5.41, 5.74) is 4.13. The predicted molar refractivity (Wildman–Crippen MR) is 207 cm³/mol. The van der Waals surface area contributed by atoms with Gasteiger partial charge in [0.1, 0.15) is 24.9 Å². The molecule has 1 aromatic carbocycles. The van der Waals surface area contributed by atoms with Crippen molar-refractivity contribution in [2.45, 2.75) is 109 Å². The Kier molecular flexibility index (Phi) is 12.1. The highest BCUT2D eigenvalue weighted by atomic mass is 28.3. The zero-order chi connectivity index (χ0) is 36.1. The highest BCUT2D eigenvalue weighted by Gasteiger charge is 2.32. The van der Waals surface area contributed by atoms with Crippen LogP contribution in [0.15, 0.2) is 55.0 Å². The Morgan fingerprint density at radius 2 is 1.50 bits per heavy atom. The monoisotopic (exact) mass is 718 g/mol. The fraction of sp³-hybridized carbons (Fsp3) is 0.579. The normalized spacial score (nSPS) is 17.3. The summed E-state index contributed by atoms with van der Waals surface area (Å²) in [6.07, 6.45) is 9.08. The van der Waals surface area contributed by atoms with E-state index in [-0.39, 0.29) is 17.8 Å². The van der Waals surface area contributed by atoms with Crippen LogP contribution in [0.1, 0.15) is 58.1 Å². The van der Waals surface area contributed by atoms with Gasteiger partial charge >= 0.3 is 5.97 Å². The molecule has 50 heavy (non-hydrogen) atoms. The summed E-state index contributed by atoms with van der Waals surface area (Å²) < 4.78 is 22.2. The van der Waals surface area contributed by atoms with Crippen LogP contribution >= 0.6 is 0 Å². The number of hydrogen-bond donors (Lipinski definition) is 0. The maximum atomic E-state index is 12.9. The van der Waals surface area contributed by atoms with E-state index in [1.807, 2.05) is 78.9 Å². The van der Waals surface area contributed by atoms with Crippen LogP contribution in [0.25, 0.3) is 22.5 Å². The van der Waals surface area contributed by atoms with Crippen LogP contribution in [0.4, 0.5) is 5.82 Å². The highest BCUT2D eigenvalue weighted by Crippen LogP contribution is 2.38. The van der Waals surface area contributed by atoms with Crippen molar-refractivity contribution in [3.8, 4) is 16.8 Å². The second-order valence-corrected chi connectivity index (χ2v) is 28.4. The van der Waals surface area contributed by atoms with E-state index in [2.05, 4.69) is 55.3 Å². The lowest BCUT2D eigenvalue weighted by Gasteiger charge is -2.31. The van der Waals surface area contributed by atoms with Gasteiger partial charge < -0.3 is 19.1 Å². The van der Waals surface area contributed by atoms with Gasteiger partial charge in [-0.3, -0.25) is 4.79 Å². The Morgan fingerprint density at radius 3 is 2.08 bits per heavy atom. The number of aromatic nitrogens is 5. The van der Waals surface area contributed by atoms with E-state index in [4.69, 9.17) is 24.3 Å². The van der Waals surface area contributed by atoms with Gasteiger partial charge in [0.15, 0.2) is 5.65 Å². The lowest BCUT2D eigenvalue weighted by atomic mass is 9.80. The summed E-state index contributed by atoms with van der Waals surface area (Å²) in [6.45, 7) is 22.2. The number of ether oxygens (including phenoxy) is 3. The van der Waals surface area contributed by atoms with E-state index in [1.165, 1.54) is 0 Å². The number of esters is 1. The fourth-order valence-electron chi connectivity index (χ4n) is 6.07. The van der Waals surface area contributed by atoms with E-state index in [9.17, 15) is 4.79 Å². The minimum absolute atomic E-state index is 0.0842. The number of nitrogens with zero attached hydrogens (tertiary/aromatic N) is 6. The van der Waals surface area contributed by atoms with Gasteiger partial charge in [-0.2, -0.15) is 14.7 Å². The zero-order valence-corrected chi connectivity index (χ0v) is 33.7. The number of fused-ring (bicyclic) bond motifs is 1. The standard InChI is InChI=1S/C38H58N6O4Si2/c1-38(2,3)48-37(45)30-17-15-29(16-18-30)34-23-35(42(27-46-19-21-49(4,5)6)28-47-20-22-50(7,8)9)44-36(41-34)33(25-40-44)31-24-39-43(26-31)32-13-11-10-12-14-32/h10-14,23-26,29-30H,15-22,27-28H2,1-9H3. The third-order valence-electron chi connectivity index (χ3n) is 9.08. The lowest BCUT2D eigenvalue weighted by Crippen LogP contribution is -2.33. The fourth-order valence-corrected chi connectivity index (χ4v) is 7.59. The zero-order valence-electron chi connectivity index (χ0n) is 31.7. The Balaban J connectivity index is 1.49. The molecule has 0 amide bonds. The summed E-state index contributed by atoms with van der Waals surface area (Å²) >= 11 is 0. The number of carbonyl (C=O) groups is 1. The van der Waals surface area contributed by atoms with Gasteiger partial charge in [-0.1, -0.05) is 57.5 Å². The number of anilines is 1. The molecule has 0 atom stereocenters. The first-order chi connectivity index (χ1) is 23.6. The Bertz CT molecular complexity index is 1670. The maximum absolute atomic E-state index is 12.9. The van der Waals surface area contributed by atoms with E-state index in [0.29, 0.717) is 26.7 Å². The first-order valence-electron chi connectivity index (χ1n) is 18.2. The SMILES string of the molecule is CC(C)(C)OC(=O)C1CCC(c2cc(N(COCC[Si](C)(C)C)COCC[Si](C)(C)C)n3ncc(-c4cnn(-c5ccccc5)c4)c3n2)CC1. The van der Waals surface area contributed by atoms with Crippen molar-refractivity contribution in [3.63, 3.8) is 0 Å². The average Bonchev–Trinajstić information content (AvgIpc) is 3.70. The molecule has 0 unspecified atom stereocenters. The summed E-state index contributed by atoms with van der Waals surface area (Å²) in [5.74, 6) is 0.918. The number of para-hydroxylation sites is 1. The minimum Gasteiger partial charge on any atom is -0.460 e. The maximum Gasteiger partial charge on any atom is 0.309 e. The summed E-state index contributed by atoms with van der Waals surface area (Å²) in [7, 11) is -2.52. The molecule has 0 bridgehead atoms. The van der Waals surface area contributed by atoms with Gasteiger partial charge in [0.05, 0.1) is 24.0 Å². The molecule has 3 aromatic heterocycles. The molecule has 1 fully saturated rings. The van der Waals surface area contributed by atoms with Crippen molar-refractivity contribution in [1.29, 1.82) is 0 Å². The topological polar surface area (TPSA) is 96.0 Å². The molecule has 3 heterocycles. The molecule has 0 aliphatic heterocycles. The molecular formula is C38H58N6O4Si2. The molecule has 0 N–H and O–H groups in total. The Morgan fingerprint density at radius 1 is 0.880 bits per heavy atom. The van der Waals surface area contributed by atoms with E-state index >= 15 is 0 Å². The van der Waals surface area contributed by atoms with Crippen LogP contribution in [0.3, 0.4) is 0 Å². The molecule has 12 heteroatoms. The molecule has 1 aliphatic rings. The van der Waals surface area contributed by atoms with Crippen molar-refractivity contribution in [3.05, 3.63) is 60.7 Å². The molecule has 0 radical (unpaired) electrons. The molecule has 1 saturated carbocycles. The van der Waals surface area contributed by atoms with Gasteiger partial charge in [0, 0.05) is 64.4 Å². The highest BCUT2D eigenvalue weighted by molar-refractivity contribution is 6.76. The Hall–Kier alpha value is -3.33. The van der Waals surface area contributed by atoms with Crippen molar-refractivity contribution in [2.75, 3.05) is 31.6 Å². The molecule has 0 saturated heterocycles. The quantitative estimate of drug-likeness (QED) is 0.0522. The molecule has 10 nitrogen and oxygen atoms in total. The summed E-state index contributed by atoms with van der Waals surface area (Å²) in [5, 5.41) is 9.58. The van der Waals surface area contributed by atoms with Crippen LogP contribution in [0.2, 0.25) is 51.4 Å². The number of hydrogen-bond acceptors (Lipinski definition) is 8. The molecule has 1 aliphatic carbocycles. The molecule has 0 spiro atoms. The first-order valence-corrected chi connectivity index (χ1v) is 25.6. The Labute approximate surface area is 300 Å². The van der Waals surface area contributed by atoms with E-state index in [1.54, 1.807) is 0 Å². The van der Waals surface area contributed by atoms with Gasteiger partial charge in [-0.05, 0) is 70.7 Å². The van der Waals surface area contributed by atoms with Crippen molar-refractivity contribution >= 4 is 33.6 Å². The van der Waals surface area contributed by atoms with Crippen molar-refractivity contribution in [2.24, 2.45) is 5.92 Å². The first kappa shape index (κ1) is 37.9. The van der Waals surface area contributed by atoms with Crippen LogP contribution in [0.5, 0.6) is 0 Å².